The van der Waals surface area contributed by atoms with E-state index in [-0.39, 0.29) is 0 Å². The molecule has 0 aliphatic carbocycles. The number of rotatable bonds is 3. The quantitative estimate of drug-likeness (QED) is 0.803. The van der Waals surface area contributed by atoms with Crippen molar-refractivity contribution in [2.75, 3.05) is 5.75 Å². The van der Waals surface area contributed by atoms with Gasteiger partial charge in [-0.15, -0.1) is 10.2 Å². The molecule has 1 aliphatic rings. The normalized spacial score (nSPS) is 12.3. The fourth-order valence-electron chi connectivity index (χ4n) is 1.72. The summed E-state index contributed by atoms with van der Waals surface area (Å²) in [5, 5.41) is 9.00. The van der Waals surface area contributed by atoms with Crippen LogP contribution in [0.1, 0.15) is 13.3 Å². The highest BCUT2D eigenvalue weighted by atomic mass is 32.2. The van der Waals surface area contributed by atoms with Crippen molar-refractivity contribution < 1.29 is 4.74 Å². The monoisotopic (exact) mass is 272 g/mol. The molecular formula is C13H12N4OS. The van der Waals surface area contributed by atoms with Gasteiger partial charge in [-0.1, -0.05) is 36.9 Å². The van der Waals surface area contributed by atoms with E-state index in [2.05, 4.69) is 27.1 Å². The number of thioether (sulfide) groups is 1. The van der Waals surface area contributed by atoms with Gasteiger partial charge in [-0.05, 0) is 12.5 Å². The molecule has 0 spiro atoms. The minimum absolute atomic E-state index is 0.460. The minimum Gasteiger partial charge on any atom is -0.425 e. The number of hydrogen-bond donors (Lipinski definition) is 0. The molecular weight excluding hydrogens is 260 g/mol. The Labute approximate surface area is 115 Å². The largest absolute Gasteiger partial charge is 0.425 e. The molecule has 96 valence electrons. The minimum atomic E-state index is 0.460. The third-order valence-electron chi connectivity index (χ3n) is 2.59. The van der Waals surface area contributed by atoms with Crippen LogP contribution in [0.15, 0.2) is 34.4 Å². The van der Waals surface area contributed by atoms with E-state index in [1.807, 2.05) is 24.3 Å². The highest BCUT2D eigenvalue weighted by Gasteiger charge is 2.17. The van der Waals surface area contributed by atoms with Crippen molar-refractivity contribution in [1.82, 2.24) is 15.2 Å². The van der Waals surface area contributed by atoms with Crippen molar-refractivity contribution in [2.45, 2.75) is 18.5 Å². The summed E-state index contributed by atoms with van der Waals surface area (Å²) in [5.41, 5.74) is 2.33. The zero-order chi connectivity index (χ0) is 13.1. The smallest absolute Gasteiger partial charge is 0.251 e. The van der Waals surface area contributed by atoms with Crippen molar-refractivity contribution in [2.24, 2.45) is 4.99 Å². The lowest BCUT2D eigenvalue weighted by molar-refractivity contribution is 0.533. The summed E-state index contributed by atoms with van der Waals surface area (Å²) in [7, 11) is 0. The molecule has 0 amide bonds. The second kappa shape index (κ2) is 5.36. The Morgan fingerprint density at radius 1 is 1.21 bits per heavy atom. The third-order valence-corrected chi connectivity index (χ3v) is 3.63. The van der Waals surface area contributed by atoms with Gasteiger partial charge in [0.1, 0.15) is 0 Å². The van der Waals surface area contributed by atoms with Crippen LogP contribution in [0.3, 0.4) is 0 Å². The number of aromatic nitrogens is 3. The lowest BCUT2D eigenvalue weighted by Gasteiger charge is -2.05. The topological polar surface area (TPSA) is 60.3 Å². The lowest BCUT2D eigenvalue weighted by atomic mass is 10.1. The summed E-state index contributed by atoms with van der Waals surface area (Å²) in [6.45, 7) is 2.11. The SMILES string of the molecule is CCCSc1nnc2c(n1)OC=Nc1ccccc1-2. The highest BCUT2D eigenvalue weighted by molar-refractivity contribution is 7.99. The highest BCUT2D eigenvalue weighted by Crippen LogP contribution is 2.35. The van der Waals surface area contributed by atoms with Gasteiger partial charge in [0.25, 0.3) is 5.88 Å². The van der Waals surface area contributed by atoms with Gasteiger partial charge in [-0.2, -0.15) is 4.98 Å². The van der Waals surface area contributed by atoms with Gasteiger partial charge < -0.3 is 4.74 Å². The zero-order valence-electron chi connectivity index (χ0n) is 10.4. The van der Waals surface area contributed by atoms with Crippen molar-refractivity contribution in [3.8, 4) is 17.1 Å². The lowest BCUT2D eigenvalue weighted by Crippen LogP contribution is -2.00. The van der Waals surface area contributed by atoms with E-state index in [0.717, 1.165) is 23.4 Å². The second-order valence-electron chi connectivity index (χ2n) is 3.97. The van der Waals surface area contributed by atoms with Crippen LogP contribution in [0.4, 0.5) is 5.69 Å². The van der Waals surface area contributed by atoms with Crippen LogP contribution in [0.5, 0.6) is 5.88 Å². The Hall–Kier alpha value is -1.95. The van der Waals surface area contributed by atoms with Crippen molar-refractivity contribution >= 4 is 23.8 Å². The fourth-order valence-corrected chi connectivity index (χ4v) is 2.36. The van der Waals surface area contributed by atoms with E-state index in [0.29, 0.717) is 16.7 Å². The number of fused-ring (bicyclic) bond motifs is 3. The predicted molar refractivity (Wildman–Crippen MR) is 75.1 cm³/mol. The van der Waals surface area contributed by atoms with Gasteiger partial charge in [0.15, 0.2) is 12.1 Å². The zero-order valence-corrected chi connectivity index (χ0v) is 11.2. The second-order valence-corrected chi connectivity index (χ2v) is 5.03. The van der Waals surface area contributed by atoms with E-state index in [4.69, 9.17) is 4.74 Å². The number of benzene rings is 1. The molecule has 0 saturated heterocycles. The molecule has 0 bridgehead atoms. The molecule has 0 fully saturated rings. The molecule has 2 aromatic rings. The first-order valence-corrected chi connectivity index (χ1v) is 7.03. The molecule has 5 nitrogen and oxygen atoms in total. The van der Waals surface area contributed by atoms with E-state index in [1.54, 1.807) is 11.8 Å². The Bertz CT molecular complexity index is 630. The van der Waals surface area contributed by atoms with Crippen LogP contribution < -0.4 is 4.74 Å². The van der Waals surface area contributed by atoms with E-state index >= 15 is 0 Å². The molecule has 0 N–H and O–H groups in total. The standard InChI is InChI=1S/C13H12N4OS/c1-2-7-19-13-15-12-11(16-17-13)9-5-3-4-6-10(9)14-8-18-12/h3-6,8H,2,7H2,1H3. The van der Waals surface area contributed by atoms with Gasteiger partial charge in [-0.3, -0.25) is 0 Å². The number of ether oxygens (including phenoxy) is 1. The molecule has 1 aliphatic heterocycles. The van der Waals surface area contributed by atoms with E-state index < -0.39 is 0 Å². The maximum Gasteiger partial charge on any atom is 0.251 e. The third kappa shape index (κ3) is 2.44. The first-order chi connectivity index (χ1) is 9.38. The van der Waals surface area contributed by atoms with E-state index in [1.165, 1.54) is 6.40 Å². The maximum absolute atomic E-state index is 5.43. The summed E-state index contributed by atoms with van der Waals surface area (Å²) >= 11 is 1.57. The molecule has 6 heteroatoms. The Balaban J connectivity index is 2.04. The average Bonchev–Trinajstić information content (AvgIpc) is 2.64. The summed E-state index contributed by atoms with van der Waals surface area (Å²) in [4.78, 5) is 8.62. The van der Waals surface area contributed by atoms with Crippen molar-refractivity contribution in [3.05, 3.63) is 24.3 Å². The molecule has 19 heavy (non-hydrogen) atoms. The van der Waals surface area contributed by atoms with Gasteiger partial charge in [0.05, 0.1) is 5.69 Å². The van der Waals surface area contributed by atoms with Gasteiger partial charge in [0.2, 0.25) is 5.16 Å². The first-order valence-electron chi connectivity index (χ1n) is 6.04. The number of nitrogens with zero attached hydrogens (tertiary/aromatic N) is 4. The number of aliphatic imine (C=N–C) groups is 1. The molecule has 0 saturated carbocycles. The molecule has 0 unspecified atom stereocenters. The molecule has 0 radical (unpaired) electrons. The fraction of sp³-hybridized carbons (Fsp3) is 0.231. The molecule has 3 rings (SSSR count). The summed E-state index contributed by atoms with van der Waals surface area (Å²) in [5.74, 6) is 1.42. The summed E-state index contributed by atoms with van der Waals surface area (Å²) in [6, 6.07) is 7.71. The number of hydrogen-bond acceptors (Lipinski definition) is 6. The van der Waals surface area contributed by atoms with E-state index in [9.17, 15) is 0 Å². The number of para-hydroxylation sites is 1. The Morgan fingerprint density at radius 2 is 2.11 bits per heavy atom. The van der Waals surface area contributed by atoms with Crippen LogP contribution in [-0.4, -0.2) is 27.3 Å². The van der Waals surface area contributed by atoms with Crippen LogP contribution >= 0.6 is 11.8 Å². The van der Waals surface area contributed by atoms with Crippen molar-refractivity contribution in [3.63, 3.8) is 0 Å². The van der Waals surface area contributed by atoms with Crippen LogP contribution in [0.25, 0.3) is 11.3 Å². The first kappa shape index (κ1) is 12.1. The molecule has 1 aromatic carbocycles. The summed E-state index contributed by atoms with van der Waals surface area (Å²) < 4.78 is 5.43. The maximum atomic E-state index is 5.43. The molecule has 1 aromatic heterocycles. The van der Waals surface area contributed by atoms with Crippen LogP contribution in [0, 0.1) is 0 Å². The van der Waals surface area contributed by atoms with Crippen LogP contribution in [0.2, 0.25) is 0 Å². The van der Waals surface area contributed by atoms with Crippen LogP contribution in [-0.2, 0) is 0 Å². The van der Waals surface area contributed by atoms with Gasteiger partial charge >= 0.3 is 0 Å². The average molecular weight is 272 g/mol. The van der Waals surface area contributed by atoms with Gasteiger partial charge in [-0.25, -0.2) is 4.99 Å². The van der Waals surface area contributed by atoms with Gasteiger partial charge in [0, 0.05) is 11.3 Å². The Morgan fingerprint density at radius 3 is 3.00 bits per heavy atom. The van der Waals surface area contributed by atoms with Crippen molar-refractivity contribution in [1.29, 1.82) is 0 Å². The Kier molecular flexibility index (Phi) is 3.41. The predicted octanol–water partition coefficient (Wildman–Crippen LogP) is 3.09. The molecule has 0 atom stereocenters. The summed E-state index contributed by atoms with van der Waals surface area (Å²) in [6.07, 6.45) is 2.46. The molecule has 2 heterocycles.